The summed E-state index contributed by atoms with van der Waals surface area (Å²) < 4.78 is 5.56. The Bertz CT molecular complexity index is 589. The average Bonchev–Trinajstić information content (AvgIpc) is 2.96. The number of fused-ring (bicyclic) bond motifs is 1. The van der Waals surface area contributed by atoms with Crippen LogP contribution in [0.4, 0.5) is 0 Å². The number of thioether (sulfide) groups is 1. The number of hydrogen-bond donors (Lipinski definition) is 1. The molecule has 110 valence electrons. The van der Waals surface area contributed by atoms with Crippen molar-refractivity contribution in [1.29, 1.82) is 0 Å². The SMILES string of the molecule is CCNC(c1ccccc1OC)C1Cc2ccccc2S1. The Hall–Kier alpha value is -1.45. The maximum atomic E-state index is 5.56. The van der Waals surface area contributed by atoms with Gasteiger partial charge in [-0.3, -0.25) is 0 Å². The van der Waals surface area contributed by atoms with Crippen LogP contribution in [0, 0.1) is 0 Å². The predicted molar refractivity (Wildman–Crippen MR) is 89.2 cm³/mol. The Balaban J connectivity index is 1.90. The van der Waals surface area contributed by atoms with Crippen molar-refractivity contribution in [2.75, 3.05) is 13.7 Å². The quantitative estimate of drug-likeness (QED) is 0.899. The number of para-hydroxylation sites is 1. The largest absolute Gasteiger partial charge is 0.496 e. The van der Waals surface area contributed by atoms with Crippen LogP contribution in [0.2, 0.25) is 0 Å². The van der Waals surface area contributed by atoms with E-state index in [1.165, 1.54) is 16.0 Å². The first-order valence-electron chi connectivity index (χ1n) is 7.44. The van der Waals surface area contributed by atoms with Gasteiger partial charge in [0.1, 0.15) is 5.75 Å². The van der Waals surface area contributed by atoms with Crippen molar-refractivity contribution in [3.63, 3.8) is 0 Å². The van der Waals surface area contributed by atoms with Gasteiger partial charge in [-0.2, -0.15) is 0 Å². The lowest BCUT2D eigenvalue weighted by Crippen LogP contribution is -2.30. The van der Waals surface area contributed by atoms with Crippen LogP contribution in [0.25, 0.3) is 0 Å². The molecule has 0 saturated heterocycles. The van der Waals surface area contributed by atoms with E-state index in [1.807, 2.05) is 23.9 Å². The number of methoxy groups -OCH3 is 1. The molecule has 1 aliphatic heterocycles. The van der Waals surface area contributed by atoms with E-state index in [2.05, 4.69) is 48.6 Å². The molecule has 2 aromatic carbocycles. The molecule has 21 heavy (non-hydrogen) atoms. The standard InChI is InChI=1S/C18H21NOS/c1-3-19-18(14-9-5-6-10-15(14)20-2)17-12-13-8-4-7-11-16(13)21-17/h4-11,17-19H,3,12H2,1-2H3. The van der Waals surface area contributed by atoms with Crippen LogP contribution >= 0.6 is 11.8 Å². The van der Waals surface area contributed by atoms with Crippen molar-refractivity contribution < 1.29 is 4.74 Å². The van der Waals surface area contributed by atoms with Gasteiger partial charge in [-0.25, -0.2) is 0 Å². The Kier molecular flexibility index (Phi) is 4.51. The van der Waals surface area contributed by atoms with Gasteiger partial charge < -0.3 is 10.1 Å². The minimum atomic E-state index is 0.309. The zero-order chi connectivity index (χ0) is 14.7. The first-order chi connectivity index (χ1) is 10.3. The molecule has 2 aromatic rings. The van der Waals surface area contributed by atoms with Gasteiger partial charge in [-0.05, 0) is 30.7 Å². The van der Waals surface area contributed by atoms with Crippen LogP contribution in [0.5, 0.6) is 5.75 Å². The van der Waals surface area contributed by atoms with Crippen molar-refractivity contribution in [1.82, 2.24) is 5.32 Å². The molecule has 0 spiro atoms. The molecule has 0 fully saturated rings. The molecule has 0 amide bonds. The normalized spacial score (nSPS) is 18.3. The van der Waals surface area contributed by atoms with E-state index in [-0.39, 0.29) is 0 Å². The highest BCUT2D eigenvalue weighted by Crippen LogP contribution is 2.44. The van der Waals surface area contributed by atoms with Gasteiger partial charge in [0.2, 0.25) is 0 Å². The molecular formula is C18H21NOS. The lowest BCUT2D eigenvalue weighted by Gasteiger charge is -2.25. The number of rotatable bonds is 5. The van der Waals surface area contributed by atoms with Gasteiger partial charge in [0.05, 0.1) is 7.11 Å². The third kappa shape index (κ3) is 2.94. The van der Waals surface area contributed by atoms with E-state index in [0.717, 1.165) is 18.7 Å². The zero-order valence-corrected chi connectivity index (χ0v) is 13.3. The van der Waals surface area contributed by atoms with E-state index >= 15 is 0 Å². The molecule has 0 bridgehead atoms. The van der Waals surface area contributed by atoms with Crippen molar-refractivity contribution >= 4 is 11.8 Å². The minimum absolute atomic E-state index is 0.309. The Labute approximate surface area is 130 Å². The number of hydrogen-bond acceptors (Lipinski definition) is 3. The van der Waals surface area contributed by atoms with Crippen LogP contribution in [-0.4, -0.2) is 18.9 Å². The summed E-state index contributed by atoms with van der Waals surface area (Å²) in [6.45, 7) is 3.12. The van der Waals surface area contributed by atoms with Crippen molar-refractivity contribution in [2.45, 2.75) is 29.5 Å². The number of benzene rings is 2. The molecule has 3 heteroatoms. The third-order valence-corrected chi connectivity index (χ3v) is 5.34. The second kappa shape index (κ2) is 6.54. The van der Waals surface area contributed by atoms with Crippen LogP contribution in [0.3, 0.4) is 0 Å². The number of ether oxygens (including phenoxy) is 1. The zero-order valence-electron chi connectivity index (χ0n) is 12.5. The van der Waals surface area contributed by atoms with E-state index < -0.39 is 0 Å². The summed E-state index contributed by atoms with van der Waals surface area (Å²) >= 11 is 1.98. The van der Waals surface area contributed by atoms with Gasteiger partial charge in [0, 0.05) is 21.8 Å². The molecule has 2 unspecified atom stereocenters. The third-order valence-electron chi connectivity index (χ3n) is 3.94. The molecule has 0 aliphatic carbocycles. The number of nitrogens with one attached hydrogen (secondary N) is 1. The van der Waals surface area contributed by atoms with Crippen LogP contribution in [0.1, 0.15) is 24.1 Å². The van der Waals surface area contributed by atoms with Gasteiger partial charge in [0.25, 0.3) is 0 Å². The highest BCUT2D eigenvalue weighted by molar-refractivity contribution is 8.00. The summed E-state index contributed by atoms with van der Waals surface area (Å²) in [7, 11) is 1.75. The Morgan fingerprint density at radius 1 is 1.19 bits per heavy atom. The summed E-state index contributed by atoms with van der Waals surface area (Å²) in [6.07, 6.45) is 1.11. The van der Waals surface area contributed by atoms with Crippen LogP contribution < -0.4 is 10.1 Å². The molecule has 1 N–H and O–H groups in total. The Morgan fingerprint density at radius 2 is 1.95 bits per heavy atom. The maximum Gasteiger partial charge on any atom is 0.123 e. The highest BCUT2D eigenvalue weighted by atomic mass is 32.2. The highest BCUT2D eigenvalue weighted by Gasteiger charge is 2.31. The summed E-state index contributed by atoms with van der Waals surface area (Å²) in [5.41, 5.74) is 2.72. The first kappa shape index (κ1) is 14.5. The molecule has 3 rings (SSSR count). The fourth-order valence-electron chi connectivity index (χ4n) is 2.98. The van der Waals surface area contributed by atoms with Crippen LogP contribution in [0.15, 0.2) is 53.4 Å². The second-order valence-corrected chi connectivity index (χ2v) is 6.53. The van der Waals surface area contributed by atoms with Crippen molar-refractivity contribution in [3.05, 3.63) is 59.7 Å². The van der Waals surface area contributed by atoms with Gasteiger partial charge in [-0.15, -0.1) is 11.8 Å². The smallest absolute Gasteiger partial charge is 0.123 e. The maximum absolute atomic E-state index is 5.56. The minimum Gasteiger partial charge on any atom is -0.496 e. The summed E-state index contributed by atoms with van der Waals surface area (Å²) in [4.78, 5) is 1.42. The summed E-state index contributed by atoms with van der Waals surface area (Å²) in [5.74, 6) is 0.972. The van der Waals surface area contributed by atoms with E-state index in [1.54, 1.807) is 7.11 Å². The van der Waals surface area contributed by atoms with Gasteiger partial charge in [-0.1, -0.05) is 43.3 Å². The molecule has 1 aliphatic rings. The summed E-state index contributed by atoms with van der Waals surface area (Å²) in [6, 6.07) is 17.4. The molecule has 0 saturated carbocycles. The van der Waals surface area contributed by atoms with Crippen molar-refractivity contribution in [2.24, 2.45) is 0 Å². The molecule has 0 radical (unpaired) electrons. The molecule has 1 heterocycles. The van der Waals surface area contributed by atoms with Gasteiger partial charge >= 0.3 is 0 Å². The Morgan fingerprint density at radius 3 is 2.71 bits per heavy atom. The topological polar surface area (TPSA) is 21.3 Å². The summed E-state index contributed by atoms with van der Waals surface area (Å²) in [5, 5.41) is 4.16. The fraction of sp³-hybridized carbons (Fsp3) is 0.333. The molecular weight excluding hydrogens is 278 g/mol. The fourth-order valence-corrected chi connectivity index (χ4v) is 4.41. The molecule has 0 aromatic heterocycles. The van der Waals surface area contributed by atoms with E-state index in [9.17, 15) is 0 Å². The lowest BCUT2D eigenvalue weighted by atomic mass is 9.98. The lowest BCUT2D eigenvalue weighted by molar-refractivity contribution is 0.398. The molecule has 2 nitrogen and oxygen atoms in total. The van der Waals surface area contributed by atoms with Gasteiger partial charge in [0.15, 0.2) is 0 Å². The first-order valence-corrected chi connectivity index (χ1v) is 8.32. The van der Waals surface area contributed by atoms with E-state index in [4.69, 9.17) is 4.74 Å². The predicted octanol–water partition coefficient (Wildman–Crippen LogP) is 4.06. The van der Waals surface area contributed by atoms with Crippen LogP contribution in [-0.2, 0) is 6.42 Å². The van der Waals surface area contributed by atoms with E-state index in [0.29, 0.717) is 11.3 Å². The monoisotopic (exact) mass is 299 g/mol. The second-order valence-electron chi connectivity index (χ2n) is 5.25. The average molecular weight is 299 g/mol. The van der Waals surface area contributed by atoms with Crippen molar-refractivity contribution in [3.8, 4) is 5.75 Å². The molecule has 2 atom stereocenters.